The van der Waals surface area contributed by atoms with E-state index in [0.717, 1.165) is 23.1 Å². The fourth-order valence-corrected chi connectivity index (χ4v) is 4.07. The topological polar surface area (TPSA) is 34.9 Å². The lowest BCUT2D eigenvalue weighted by molar-refractivity contribution is 0.694. The third-order valence-electron chi connectivity index (χ3n) is 3.34. The van der Waals surface area contributed by atoms with Gasteiger partial charge in [0.2, 0.25) is 5.28 Å². The predicted molar refractivity (Wildman–Crippen MR) is 71.2 cm³/mol. The first kappa shape index (κ1) is 11.2. The van der Waals surface area contributed by atoms with Crippen LogP contribution in [0.1, 0.15) is 30.2 Å². The first-order chi connectivity index (χ1) is 8.22. The van der Waals surface area contributed by atoms with Crippen molar-refractivity contribution in [1.82, 2.24) is 9.55 Å². The lowest BCUT2D eigenvalue weighted by Crippen LogP contribution is -2.21. The van der Waals surface area contributed by atoms with Gasteiger partial charge in [0, 0.05) is 11.4 Å². The highest BCUT2D eigenvalue weighted by Crippen LogP contribution is 2.34. The fraction of sp³-hybridized carbons (Fsp3) is 0.500. The largest absolute Gasteiger partial charge is 0.283 e. The Labute approximate surface area is 108 Å². The lowest BCUT2D eigenvalue weighted by atomic mass is 9.97. The summed E-state index contributed by atoms with van der Waals surface area (Å²) in [6.45, 7) is 2.49. The Kier molecular flexibility index (Phi) is 2.71. The van der Waals surface area contributed by atoms with Gasteiger partial charge in [-0.05, 0) is 49.8 Å². The maximum atomic E-state index is 12.4. The van der Waals surface area contributed by atoms with E-state index in [2.05, 4.69) is 4.98 Å². The predicted octanol–water partition coefficient (Wildman–Crippen LogP) is 3.01. The summed E-state index contributed by atoms with van der Waals surface area (Å²) >= 11 is 7.67. The van der Waals surface area contributed by atoms with E-state index >= 15 is 0 Å². The third-order valence-corrected chi connectivity index (χ3v) is 4.82. The Balaban J connectivity index is 2.41. The van der Waals surface area contributed by atoms with Crippen LogP contribution in [0.2, 0.25) is 5.28 Å². The van der Waals surface area contributed by atoms with Crippen molar-refractivity contribution in [3.05, 3.63) is 26.1 Å². The average molecular weight is 269 g/mol. The Hall–Kier alpha value is -0.870. The van der Waals surface area contributed by atoms with Crippen molar-refractivity contribution in [2.75, 3.05) is 0 Å². The molecule has 0 fully saturated rings. The van der Waals surface area contributed by atoms with E-state index in [1.807, 2.05) is 6.92 Å². The number of halogens is 1. The van der Waals surface area contributed by atoms with E-state index in [9.17, 15) is 4.79 Å². The van der Waals surface area contributed by atoms with Gasteiger partial charge in [0.15, 0.2) is 0 Å². The zero-order valence-corrected chi connectivity index (χ0v) is 11.2. The fourth-order valence-electron chi connectivity index (χ4n) is 2.49. The molecular weight excluding hydrogens is 256 g/mol. The summed E-state index contributed by atoms with van der Waals surface area (Å²) in [4.78, 5) is 18.9. The van der Waals surface area contributed by atoms with Crippen LogP contribution >= 0.6 is 22.9 Å². The average Bonchev–Trinajstić information content (AvgIpc) is 2.67. The van der Waals surface area contributed by atoms with E-state index in [0.29, 0.717) is 11.8 Å². The summed E-state index contributed by atoms with van der Waals surface area (Å²) < 4.78 is 1.55. The number of rotatable bonds is 1. The molecule has 0 N–H and O–H groups in total. The molecule has 0 radical (unpaired) electrons. The molecule has 1 aliphatic rings. The van der Waals surface area contributed by atoms with Crippen molar-refractivity contribution in [3.8, 4) is 0 Å². The van der Waals surface area contributed by atoms with Crippen LogP contribution < -0.4 is 5.56 Å². The third kappa shape index (κ3) is 1.62. The second kappa shape index (κ2) is 4.10. The van der Waals surface area contributed by atoms with E-state index in [1.54, 1.807) is 15.9 Å². The summed E-state index contributed by atoms with van der Waals surface area (Å²) in [6, 6.07) is 0. The molecule has 2 aromatic heterocycles. The molecule has 0 spiro atoms. The molecule has 2 heterocycles. The molecule has 0 amide bonds. The number of hydrogen-bond donors (Lipinski definition) is 0. The summed E-state index contributed by atoms with van der Waals surface area (Å²) in [6.07, 6.45) is 4.49. The summed E-state index contributed by atoms with van der Waals surface area (Å²) in [5, 5.41) is 1.12. The van der Waals surface area contributed by atoms with Gasteiger partial charge in [-0.15, -0.1) is 11.3 Å². The lowest BCUT2D eigenvalue weighted by Gasteiger charge is -2.10. The number of thiophene rings is 1. The first-order valence-electron chi connectivity index (χ1n) is 5.93. The van der Waals surface area contributed by atoms with Gasteiger partial charge < -0.3 is 0 Å². The highest BCUT2D eigenvalue weighted by Gasteiger charge is 2.20. The van der Waals surface area contributed by atoms with Crippen LogP contribution in [-0.4, -0.2) is 9.55 Å². The Morgan fingerprint density at radius 2 is 2.18 bits per heavy atom. The van der Waals surface area contributed by atoms with Crippen molar-refractivity contribution in [2.24, 2.45) is 0 Å². The van der Waals surface area contributed by atoms with Crippen LogP contribution in [0, 0.1) is 0 Å². The summed E-state index contributed by atoms with van der Waals surface area (Å²) in [5.74, 6) is 0. The molecular formula is C12H13ClN2OS. The van der Waals surface area contributed by atoms with Crippen LogP contribution in [-0.2, 0) is 19.4 Å². The molecule has 0 bridgehead atoms. The zero-order chi connectivity index (χ0) is 12.0. The van der Waals surface area contributed by atoms with Crippen molar-refractivity contribution < 1.29 is 0 Å². The Morgan fingerprint density at radius 1 is 1.41 bits per heavy atom. The normalized spacial score (nSPS) is 15.2. The molecule has 0 aliphatic heterocycles. The van der Waals surface area contributed by atoms with Crippen LogP contribution in [0.4, 0.5) is 0 Å². The second-order valence-electron chi connectivity index (χ2n) is 4.32. The highest BCUT2D eigenvalue weighted by molar-refractivity contribution is 7.18. The number of nitrogens with zero attached hydrogens (tertiary/aromatic N) is 2. The molecule has 0 atom stereocenters. The minimum absolute atomic E-state index is 0.0295. The quantitative estimate of drug-likeness (QED) is 0.745. The molecule has 1 aliphatic carbocycles. The molecule has 2 aromatic rings. The molecule has 3 rings (SSSR count). The van der Waals surface area contributed by atoms with E-state index in [-0.39, 0.29) is 5.56 Å². The maximum Gasteiger partial charge on any atom is 0.263 e. The molecule has 0 saturated carbocycles. The van der Waals surface area contributed by atoms with Crippen LogP contribution in [0.25, 0.3) is 10.2 Å². The molecule has 17 heavy (non-hydrogen) atoms. The van der Waals surface area contributed by atoms with Crippen molar-refractivity contribution >= 4 is 33.2 Å². The molecule has 3 nitrogen and oxygen atoms in total. The van der Waals surface area contributed by atoms with Crippen LogP contribution in [0.3, 0.4) is 0 Å². The molecule has 0 unspecified atom stereocenters. The number of hydrogen-bond acceptors (Lipinski definition) is 3. The van der Waals surface area contributed by atoms with Crippen molar-refractivity contribution in [2.45, 2.75) is 39.2 Å². The van der Waals surface area contributed by atoms with Gasteiger partial charge in [0.1, 0.15) is 4.83 Å². The van der Waals surface area contributed by atoms with Crippen molar-refractivity contribution in [1.29, 1.82) is 0 Å². The minimum Gasteiger partial charge on any atom is -0.283 e. The van der Waals surface area contributed by atoms with E-state index in [1.165, 1.54) is 23.3 Å². The molecule has 5 heteroatoms. The Morgan fingerprint density at radius 3 is 2.94 bits per heavy atom. The minimum atomic E-state index is 0.0295. The summed E-state index contributed by atoms with van der Waals surface area (Å²) in [7, 11) is 0. The smallest absolute Gasteiger partial charge is 0.263 e. The zero-order valence-electron chi connectivity index (χ0n) is 9.62. The number of aromatic nitrogens is 2. The van der Waals surface area contributed by atoms with Crippen LogP contribution in [0.5, 0.6) is 0 Å². The number of aryl methyl sites for hydroxylation is 2. The molecule has 90 valence electrons. The molecule has 0 aromatic carbocycles. The highest BCUT2D eigenvalue weighted by atomic mass is 35.5. The van der Waals surface area contributed by atoms with E-state index < -0.39 is 0 Å². The Bertz CT molecular complexity index is 644. The van der Waals surface area contributed by atoms with Gasteiger partial charge in [-0.25, -0.2) is 4.98 Å². The number of fused-ring (bicyclic) bond motifs is 3. The first-order valence-corrected chi connectivity index (χ1v) is 7.12. The monoisotopic (exact) mass is 268 g/mol. The van der Waals surface area contributed by atoms with Crippen LogP contribution in [0.15, 0.2) is 4.79 Å². The van der Waals surface area contributed by atoms with Gasteiger partial charge in [0.25, 0.3) is 5.56 Å². The van der Waals surface area contributed by atoms with Gasteiger partial charge >= 0.3 is 0 Å². The van der Waals surface area contributed by atoms with Gasteiger partial charge in [0.05, 0.1) is 5.39 Å². The van der Waals surface area contributed by atoms with Gasteiger partial charge in [-0.2, -0.15) is 0 Å². The van der Waals surface area contributed by atoms with Gasteiger partial charge in [-0.1, -0.05) is 0 Å². The second-order valence-corrected chi connectivity index (χ2v) is 5.74. The van der Waals surface area contributed by atoms with Gasteiger partial charge in [-0.3, -0.25) is 9.36 Å². The molecule has 0 saturated heterocycles. The summed E-state index contributed by atoms with van der Waals surface area (Å²) in [5.41, 5.74) is 1.26. The SMILES string of the molecule is CCn1c(Cl)nc2sc3c(c2c1=O)CCCC3. The van der Waals surface area contributed by atoms with E-state index in [4.69, 9.17) is 11.6 Å². The maximum absolute atomic E-state index is 12.4. The van der Waals surface area contributed by atoms with Crippen molar-refractivity contribution in [3.63, 3.8) is 0 Å². The standard InChI is InChI=1S/C12H13ClN2OS/c1-2-15-11(16)9-7-5-3-4-6-8(7)17-10(9)14-12(15)13/h2-6H2,1H3.